The molecule has 1 saturated heterocycles. The third-order valence-corrected chi connectivity index (χ3v) is 6.60. The Labute approximate surface area is 226 Å². The SMILES string of the molecule is COCC1CC(OC)C(OC)C(Oc2c(OC)cc3oc(-c4ccc(OC)c(OC)c4)cc(=O)c3c2OC)O1. The van der Waals surface area contributed by atoms with Crippen molar-refractivity contribution in [2.24, 2.45) is 0 Å². The van der Waals surface area contributed by atoms with Gasteiger partial charge in [-0.2, -0.15) is 0 Å². The average molecular weight is 547 g/mol. The van der Waals surface area contributed by atoms with Crippen LogP contribution in [0.1, 0.15) is 6.42 Å². The topological polar surface area (TPSA) is 113 Å². The molecule has 1 aromatic heterocycles. The normalized spacial score (nSPS) is 21.0. The molecule has 4 atom stereocenters. The highest BCUT2D eigenvalue weighted by Crippen LogP contribution is 2.45. The second-order valence-electron chi connectivity index (χ2n) is 8.77. The lowest BCUT2D eigenvalue weighted by Crippen LogP contribution is -2.53. The van der Waals surface area contributed by atoms with Gasteiger partial charge in [-0.15, -0.1) is 0 Å². The molecule has 3 aromatic rings. The van der Waals surface area contributed by atoms with Gasteiger partial charge in [0.15, 0.2) is 28.4 Å². The molecular weight excluding hydrogens is 512 g/mol. The van der Waals surface area contributed by atoms with Crippen LogP contribution in [0.25, 0.3) is 22.3 Å². The van der Waals surface area contributed by atoms with Crippen LogP contribution in [0.4, 0.5) is 0 Å². The van der Waals surface area contributed by atoms with Gasteiger partial charge < -0.3 is 47.0 Å². The third kappa shape index (κ3) is 5.62. The van der Waals surface area contributed by atoms with Gasteiger partial charge in [0.05, 0.1) is 47.3 Å². The van der Waals surface area contributed by atoms with Crippen LogP contribution in [0, 0.1) is 0 Å². The van der Waals surface area contributed by atoms with Crippen molar-refractivity contribution in [3.05, 3.63) is 40.6 Å². The largest absolute Gasteiger partial charge is 0.493 e. The molecule has 4 rings (SSSR count). The number of methoxy groups -OCH3 is 7. The minimum Gasteiger partial charge on any atom is -0.493 e. The molecule has 11 nitrogen and oxygen atoms in total. The summed E-state index contributed by atoms with van der Waals surface area (Å²) in [7, 11) is 10.7. The molecule has 4 unspecified atom stereocenters. The van der Waals surface area contributed by atoms with Crippen LogP contribution in [0.5, 0.6) is 28.7 Å². The molecule has 0 saturated carbocycles. The maximum Gasteiger partial charge on any atom is 0.229 e. The van der Waals surface area contributed by atoms with Crippen LogP contribution < -0.4 is 29.1 Å². The molecule has 2 heterocycles. The first-order valence-corrected chi connectivity index (χ1v) is 12.2. The van der Waals surface area contributed by atoms with Crippen molar-refractivity contribution in [1.82, 2.24) is 0 Å². The predicted molar refractivity (Wildman–Crippen MR) is 142 cm³/mol. The molecule has 39 heavy (non-hydrogen) atoms. The summed E-state index contributed by atoms with van der Waals surface area (Å²) in [6.07, 6.45) is -1.55. The Morgan fingerprint density at radius 3 is 2.18 bits per heavy atom. The fourth-order valence-electron chi connectivity index (χ4n) is 4.73. The van der Waals surface area contributed by atoms with Crippen molar-refractivity contribution in [2.75, 3.05) is 56.4 Å². The van der Waals surface area contributed by atoms with Crippen LogP contribution in [-0.2, 0) is 18.9 Å². The van der Waals surface area contributed by atoms with E-state index in [1.165, 1.54) is 27.4 Å². The zero-order valence-electron chi connectivity index (χ0n) is 23.1. The van der Waals surface area contributed by atoms with Gasteiger partial charge in [0.2, 0.25) is 12.0 Å². The number of ether oxygens (including phenoxy) is 9. The maximum atomic E-state index is 13.4. The monoisotopic (exact) mass is 546 g/mol. The van der Waals surface area contributed by atoms with Crippen LogP contribution in [0.15, 0.2) is 39.5 Å². The maximum absolute atomic E-state index is 13.4. The van der Waals surface area contributed by atoms with Gasteiger partial charge in [-0.3, -0.25) is 4.79 Å². The molecule has 11 heteroatoms. The molecular formula is C28H34O11. The zero-order valence-corrected chi connectivity index (χ0v) is 23.1. The van der Waals surface area contributed by atoms with E-state index in [9.17, 15) is 4.79 Å². The summed E-state index contributed by atoms with van der Waals surface area (Å²) < 4.78 is 57.2. The van der Waals surface area contributed by atoms with E-state index in [4.69, 9.17) is 47.0 Å². The highest BCUT2D eigenvalue weighted by molar-refractivity contribution is 5.90. The van der Waals surface area contributed by atoms with Crippen molar-refractivity contribution < 1.29 is 47.0 Å². The van der Waals surface area contributed by atoms with Crippen molar-refractivity contribution >= 4 is 11.0 Å². The van der Waals surface area contributed by atoms with Gasteiger partial charge in [-0.1, -0.05) is 0 Å². The summed E-state index contributed by atoms with van der Waals surface area (Å²) in [5.74, 6) is 1.95. The quantitative estimate of drug-likeness (QED) is 0.351. The van der Waals surface area contributed by atoms with E-state index in [0.29, 0.717) is 35.9 Å². The number of hydrogen-bond donors (Lipinski definition) is 0. The second-order valence-corrected chi connectivity index (χ2v) is 8.77. The second kappa shape index (κ2) is 12.6. The highest BCUT2D eigenvalue weighted by atomic mass is 16.7. The van der Waals surface area contributed by atoms with Crippen LogP contribution in [-0.4, -0.2) is 81.0 Å². The summed E-state index contributed by atoms with van der Waals surface area (Å²) in [6, 6.07) is 8.18. The van der Waals surface area contributed by atoms with Gasteiger partial charge in [0.1, 0.15) is 22.8 Å². The average Bonchev–Trinajstić information content (AvgIpc) is 2.96. The number of fused-ring (bicyclic) bond motifs is 1. The first kappa shape index (κ1) is 28.5. The molecule has 0 N–H and O–H groups in total. The molecule has 0 radical (unpaired) electrons. The third-order valence-electron chi connectivity index (χ3n) is 6.60. The van der Waals surface area contributed by atoms with E-state index in [-0.39, 0.29) is 45.9 Å². The van der Waals surface area contributed by atoms with E-state index < -0.39 is 12.4 Å². The lowest BCUT2D eigenvalue weighted by molar-refractivity contribution is -0.253. The van der Waals surface area contributed by atoms with Gasteiger partial charge in [0, 0.05) is 45.4 Å². The fraction of sp³-hybridized carbons (Fsp3) is 0.464. The summed E-state index contributed by atoms with van der Waals surface area (Å²) in [5.41, 5.74) is 0.525. The van der Waals surface area contributed by atoms with Crippen LogP contribution in [0.3, 0.4) is 0 Å². The lowest BCUT2D eigenvalue weighted by atomic mass is 10.0. The highest BCUT2D eigenvalue weighted by Gasteiger charge is 2.42. The standard InChI is InChI=1S/C28H34O11/c1-30-14-16-11-22(33-4)26(35-6)28(37-16)39-25-23(34-5)13-21-24(27(25)36-7)17(29)12-19(38-21)15-8-9-18(31-2)20(10-15)32-3/h8-10,12-13,16,22,26,28H,11,14H2,1-7H3. The Kier molecular flexibility index (Phi) is 9.18. The number of hydrogen-bond acceptors (Lipinski definition) is 11. The molecule has 1 fully saturated rings. The van der Waals surface area contributed by atoms with E-state index in [1.54, 1.807) is 52.7 Å². The van der Waals surface area contributed by atoms with Crippen molar-refractivity contribution in [2.45, 2.75) is 31.0 Å². The first-order chi connectivity index (χ1) is 18.9. The van der Waals surface area contributed by atoms with Crippen LogP contribution >= 0.6 is 0 Å². The van der Waals surface area contributed by atoms with E-state index in [0.717, 1.165) is 0 Å². The Morgan fingerprint density at radius 1 is 0.821 bits per heavy atom. The summed E-state index contributed by atoms with van der Waals surface area (Å²) in [5, 5.41) is 0.180. The summed E-state index contributed by atoms with van der Waals surface area (Å²) >= 11 is 0. The molecule has 1 aliphatic rings. The Morgan fingerprint density at radius 2 is 1.56 bits per heavy atom. The number of benzene rings is 2. The molecule has 0 spiro atoms. The summed E-state index contributed by atoms with van der Waals surface area (Å²) in [6.45, 7) is 0.338. The van der Waals surface area contributed by atoms with Crippen LogP contribution in [0.2, 0.25) is 0 Å². The number of rotatable bonds is 11. The van der Waals surface area contributed by atoms with Gasteiger partial charge in [-0.05, 0) is 18.2 Å². The Balaban J connectivity index is 1.81. The van der Waals surface area contributed by atoms with Crippen molar-refractivity contribution in [1.29, 1.82) is 0 Å². The van der Waals surface area contributed by atoms with Gasteiger partial charge in [-0.25, -0.2) is 0 Å². The van der Waals surface area contributed by atoms with E-state index in [1.807, 2.05) is 0 Å². The fourth-order valence-corrected chi connectivity index (χ4v) is 4.73. The molecule has 0 bridgehead atoms. The van der Waals surface area contributed by atoms with E-state index in [2.05, 4.69) is 0 Å². The Bertz CT molecular complexity index is 1340. The molecule has 2 aromatic carbocycles. The smallest absolute Gasteiger partial charge is 0.229 e. The first-order valence-electron chi connectivity index (χ1n) is 12.2. The summed E-state index contributed by atoms with van der Waals surface area (Å²) in [4.78, 5) is 13.4. The molecule has 212 valence electrons. The lowest BCUT2D eigenvalue weighted by Gasteiger charge is -2.40. The molecule has 0 aliphatic carbocycles. The molecule has 0 amide bonds. The van der Waals surface area contributed by atoms with Crippen molar-refractivity contribution in [3.8, 4) is 40.1 Å². The minimum absolute atomic E-state index is 0.137. The zero-order chi connectivity index (χ0) is 28.1. The van der Waals surface area contributed by atoms with E-state index >= 15 is 0 Å². The minimum atomic E-state index is -0.910. The Hall–Kier alpha value is -3.51. The van der Waals surface area contributed by atoms with Gasteiger partial charge in [0.25, 0.3) is 0 Å². The van der Waals surface area contributed by atoms with Crippen molar-refractivity contribution in [3.63, 3.8) is 0 Å². The molecule has 1 aliphatic heterocycles. The predicted octanol–water partition coefficient (Wildman–Crippen LogP) is 3.66. The van der Waals surface area contributed by atoms with Gasteiger partial charge >= 0.3 is 0 Å².